The van der Waals surface area contributed by atoms with Gasteiger partial charge in [0.25, 0.3) is 5.91 Å². The number of fused-ring (bicyclic) bond motifs is 1. The van der Waals surface area contributed by atoms with Gasteiger partial charge in [-0.1, -0.05) is 6.07 Å². The molecule has 4 heteroatoms. The van der Waals surface area contributed by atoms with Crippen molar-refractivity contribution in [2.24, 2.45) is 0 Å². The minimum absolute atomic E-state index is 0.154. The molecule has 1 saturated heterocycles. The second-order valence-corrected chi connectivity index (χ2v) is 6.28. The molecule has 114 valence electrons. The first-order valence-electron chi connectivity index (χ1n) is 7.95. The van der Waals surface area contributed by atoms with E-state index in [1.54, 1.807) is 0 Å². The van der Waals surface area contributed by atoms with E-state index < -0.39 is 0 Å². The normalized spacial score (nSPS) is 20.4. The number of benzene rings is 1. The van der Waals surface area contributed by atoms with Gasteiger partial charge in [-0.25, -0.2) is 0 Å². The van der Waals surface area contributed by atoms with Crippen molar-refractivity contribution in [3.05, 3.63) is 34.9 Å². The highest BCUT2D eigenvalue weighted by molar-refractivity contribution is 5.94. The molecule has 1 aromatic rings. The zero-order valence-corrected chi connectivity index (χ0v) is 12.7. The minimum atomic E-state index is -0.302. The van der Waals surface area contributed by atoms with Crippen LogP contribution in [0.1, 0.15) is 34.8 Å². The van der Waals surface area contributed by atoms with Crippen LogP contribution in [0.15, 0.2) is 18.2 Å². The van der Waals surface area contributed by atoms with Gasteiger partial charge in [0.15, 0.2) is 0 Å². The Bertz CT molecular complexity index is 520. The highest BCUT2D eigenvalue weighted by Crippen LogP contribution is 2.23. The van der Waals surface area contributed by atoms with Crippen LogP contribution < -0.4 is 0 Å². The Hall–Kier alpha value is -1.39. The fourth-order valence-electron chi connectivity index (χ4n) is 3.39. The van der Waals surface area contributed by atoms with E-state index in [0.29, 0.717) is 6.54 Å². The largest absolute Gasteiger partial charge is 0.392 e. The van der Waals surface area contributed by atoms with Gasteiger partial charge in [0.2, 0.25) is 0 Å². The second-order valence-electron chi connectivity index (χ2n) is 6.28. The molecule has 1 N–H and O–H groups in total. The number of hydrogen-bond donors (Lipinski definition) is 1. The Morgan fingerprint density at radius 1 is 1.19 bits per heavy atom. The lowest BCUT2D eigenvalue weighted by atomic mass is 10.1. The zero-order chi connectivity index (χ0) is 14.8. The predicted octanol–water partition coefficient (Wildman–Crippen LogP) is 1.31. The van der Waals surface area contributed by atoms with Gasteiger partial charge in [-0.15, -0.1) is 0 Å². The molecule has 1 aliphatic heterocycles. The first kappa shape index (κ1) is 14.5. The van der Waals surface area contributed by atoms with Crippen LogP contribution in [0, 0.1) is 0 Å². The molecule has 2 aliphatic rings. The fraction of sp³-hybridized carbons (Fsp3) is 0.588. The van der Waals surface area contributed by atoms with Gasteiger partial charge >= 0.3 is 0 Å². The Labute approximate surface area is 126 Å². The van der Waals surface area contributed by atoms with E-state index >= 15 is 0 Å². The number of aliphatic hydroxyl groups excluding tert-OH is 1. The topological polar surface area (TPSA) is 43.8 Å². The average molecular weight is 288 g/mol. The molecule has 4 nitrogen and oxygen atoms in total. The number of piperazine rings is 1. The quantitative estimate of drug-likeness (QED) is 0.912. The number of rotatable bonds is 3. The molecule has 0 saturated carbocycles. The monoisotopic (exact) mass is 288 g/mol. The molecule has 1 fully saturated rings. The van der Waals surface area contributed by atoms with Gasteiger partial charge < -0.3 is 10.0 Å². The number of β-amino-alcohol motifs (C(OH)–C–C–N with tert-alkyl or cyclic N) is 1. The first-order valence-corrected chi connectivity index (χ1v) is 7.95. The van der Waals surface area contributed by atoms with Crippen molar-refractivity contribution in [1.29, 1.82) is 0 Å². The van der Waals surface area contributed by atoms with Crippen molar-refractivity contribution in [1.82, 2.24) is 9.80 Å². The van der Waals surface area contributed by atoms with Crippen LogP contribution in [0.5, 0.6) is 0 Å². The van der Waals surface area contributed by atoms with Gasteiger partial charge in [0, 0.05) is 38.3 Å². The summed E-state index contributed by atoms with van der Waals surface area (Å²) in [5.41, 5.74) is 3.60. The lowest BCUT2D eigenvalue weighted by molar-refractivity contribution is 0.0554. The van der Waals surface area contributed by atoms with Gasteiger partial charge in [0.1, 0.15) is 0 Å². The summed E-state index contributed by atoms with van der Waals surface area (Å²) < 4.78 is 0. The molecule has 0 aromatic heterocycles. The van der Waals surface area contributed by atoms with E-state index in [4.69, 9.17) is 0 Å². The highest BCUT2D eigenvalue weighted by Gasteiger charge is 2.23. The molecule has 0 bridgehead atoms. The molecule has 21 heavy (non-hydrogen) atoms. The van der Waals surface area contributed by atoms with Crippen LogP contribution in [-0.4, -0.2) is 59.6 Å². The predicted molar refractivity (Wildman–Crippen MR) is 82.5 cm³/mol. The highest BCUT2D eigenvalue weighted by atomic mass is 16.3. The van der Waals surface area contributed by atoms with Crippen LogP contribution in [-0.2, 0) is 12.8 Å². The number of carbonyl (C=O) groups excluding carboxylic acids is 1. The smallest absolute Gasteiger partial charge is 0.253 e. The summed E-state index contributed by atoms with van der Waals surface area (Å²) in [6.45, 7) is 5.71. The van der Waals surface area contributed by atoms with Crippen molar-refractivity contribution in [3.8, 4) is 0 Å². The Kier molecular flexibility index (Phi) is 4.27. The molecule has 1 aromatic carbocycles. The summed E-state index contributed by atoms with van der Waals surface area (Å²) >= 11 is 0. The minimum Gasteiger partial charge on any atom is -0.392 e. The Morgan fingerprint density at radius 2 is 1.90 bits per heavy atom. The third-order valence-electron chi connectivity index (χ3n) is 4.53. The lowest BCUT2D eigenvalue weighted by Gasteiger charge is -2.35. The number of nitrogens with zero attached hydrogens (tertiary/aromatic N) is 2. The third kappa shape index (κ3) is 3.27. The zero-order valence-electron chi connectivity index (χ0n) is 12.7. The maximum Gasteiger partial charge on any atom is 0.253 e. The maximum absolute atomic E-state index is 12.6. The van der Waals surface area contributed by atoms with Crippen LogP contribution >= 0.6 is 0 Å². The van der Waals surface area contributed by atoms with Crippen LogP contribution in [0.3, 0.4) is 0 Å². The number of amides is 1. The lowest BCUT2D eigenvalue weighted by Crippen LogP contribution is -2.50. The molecule has 0 radical (unpaired) electrons. The molecule has 1 amide bonds. The van der Waals surface area contributed by atoms with Crippen molar-refractivity contribution in [2.45, 2.75) is 32.3 Å². The van der Waals surface area contributed by atoms with Gasteiger partial charge in [-0.2, -0.15) is 0 Å². The SMILES string of the molecule is C[C@@H](O)CN1CCN(C(=O)c2ccc3c(c2)CCC3)CC1. The summed E-state index contributed by atoms with van der Waals surface area (Å²) in [6.07, 6.45) is 3.18. The van der Waals surface area contributed by atoms with Crippen molar-refractivity contribution < 1.29 is 9.90 Å². The molecular weight excluding hydrogens is 264 g/mol. The van der Waals surface area contributed by atoms with Crippen LogP contribution in [0.25, 0.3) is 0 Å². The summed E-state index contributed by atoms with van der Waals surface area (Å²) in [5.74, 6) is 0.154. The van der Waals surface area contributed by atoms with Crippen LogP contribution in [0.2, 0.25) is 0 Å². The number of aryl methyl sites for hydroxylation is 2. The molecule has 1 aliphatic carbocycles. The Morgan fingerprint density at radius 3 is 2.62 bits per heavy atom. The van der Waals surface area contributed by atoms with Crippen molar-refractivity contribution >= 4 is 5.91 Å². The van der Waals surface area contributed by atoms with Crippen molar-refractivity contribution in [3.63, 3.8) is 0 Å². The summed E-state index contributed by atoms with van der Waals surface area (Å²) in [6, 6.07) is 6.20. The number of aliphatic hydroxyl groups is 1. The average Bonchev–Trinajstić information content (AvgIpc) is 2.94. The number of hydrogen-bond acceptors (Lipinski definition) is 3. The summed E-state index contributed by atoms with van der Waals surface area (Å²) in [7, 11) is 0. The standard InChI is InChI=1S/C17H24N2O2/c1-13(20)12-18-7-9-19(10-8-18)17(21)16-6-5-14-3-2-4-15(14)11-16/h5-6,11,13,20H,2-4,7-10,12H2,1H3/t13-/m1/s1. The molecule has 1 atom stereocenters. The molecule has 0 spiro atoms. The van der Waals surface area contributed by atoms with E-state index in [9.17, 15) is 9.90 Å². The second kappa shape index (κ2) is 6.16. The molecular formula is C17H24N2O2. The third-order valence-corrected chi connectivity index (χ3v) is 4.53. The summed E-state index contributed by atoms with van der Waals surface area (Å²) in [4.78, 5) is 16.7. The van der Waals surface area contributed by atoms with Gasteiger partial charge in [0.05, 0.1) is 6.10 Å². The summed E-state index contributed by atoms with van der Waals surface area (Å²) in [5, 5.41) is 9.43. The Balaban J connectivity index is 1.61. The van der Waals surface area contributed by atoms with E-state index in [0.717, 1.165) is 44.6 Å². The van der Waals surface area contributed by atoms with Gasteiger partial charge in [-0.3, -0.25) is 9.69 Å². The maximum atomic E-state index is 12.6. The number of carbonyl (C=O) groups is 1. The van der Waals surface area contributed by atoms with E-state index in [2.05, 4.69) is 17.0 Å². The van der Waals surface area contributed by atoms with Crippen molar-refractivity contribution in [2.75, 3.05) is 32.7 Å². The molecule has 3 rings (SSSR count). The molecule has 0 unspecified atom stereocenters. The van der Waals surface area contributed by atoms with E-state index in [1.807, 2.05) is 17.9 Å². The van der Waals surface area contributed by atoms with Gasteiger partial charge in [-0.05, 0) is 49.4 Å². The first-order chi connectivity index (χ1) is 10.1. The van der Waals surface area contributed by atoms with E-state index in [1.165, 1.54) is 17.5 Å². The van der Waals surface area contributed by atoms with Crippen LogP contribution in [0.4, 0.5) is 0 Å². The fourth-order valence-corrected chi connectivity index (χ4v) is 3.39. The molecule has 1 heterocycles. The van der Waals surface area contributed by atoms with E-state index in [-0.39, 0.29) is 12.0 Å².